The number of fused-ring (bicyclic) bond motifs is 1. The van der Waals surface area contributed by atoms with Crippen LogP contribution in [0.4, 0.5) is 10.1 Å². The molecule has 7 nitrogen and oxygen atoms in total. The number of nitrogens with one attached hydrogen (secondary N) is 1. The highest BCUT2D eigenvalue weighted by Gasteiger charge is 2.24. The number of halogens is 2. The standard InChI is InChI=1S/C18H13BrFN3O4S/c1-9-17(10(2)27-22-9)28(24,25)23-12-4-6-16-15(8-12)21-18(26-16)13-7-11(20)3-5-14(13)19/h3-8,23H,1-2H3. The fourth-order valence-electron chi connectivity index (χ4n) is 2.83. The van der Waals surface area contributed by atoms with E-state index in [1.165, 1.54) is 25.1 Å². The summed E-state index contributed by atoms with van der Waals surface area (Å²) < 4.78 is 52.6. The first kappa shape index (κ1) is 18.6. The molecule has 144 valence electrons. The smallest absolute Gasteiger partial charge is 0.267 e. The van der Waals surface area contributed by atoms with E-state index in [-0.39, 0.29) is 22.2 Å². The summed E-state index contributed by atoms with van der Waals surface area (Å²) in [5.74, 6) is -0.00812. The number of nitrogens with zero attached hydrogens (tertiary/aromatic N) is 2. The number of hydrogen-bond acceptors (Lipinski definition) is 6. The van der Waals surface area contributed by atoms with Gasteiger partial charge in [-0.25, -0.2) is 17.8 Å². The van der Waals surface area contributed by atoms with Crippen LogP contribution >= 0.6 is 15.9 Å². The quantitative estimate of drug-likeness (QED) is 0.464. The molecule has 0 aliphatic rings. The molecule has 0 atom stereocenters. The molecule has 0 spiro atoms. The van der Waals surface area contributed by atoms with E-state index >= 15 is 0 Å². The van der Waals surface area contributed by atoms with Gasteiger partial charge >= 0.3 is 0 Å². The Labute approximate surface area is 167 Å². The molecule has 4 rings (SSSR count). The van der Waals surface area contributed by atoms with Crippen molar-refractivity contribution in [3.05, 3.63) is 58.1 Å². The van der Waals surface area contributed by atoms with Crippen LogP contribution < -0.4 is 4.72 Å². The van der Waals surface area contributed by atoms with E-state index in [9.17, 15) is 12.8 Å². The summed E-state index contributed by atoms with van der Waals surface area (Å²) in [7, 11) is -3.88. The van der Waals surface area contributed by atoms with Crippen LogP contribution in [0.3, 0.4) is 0 Å². The van der Waals surface area contributed by atoms with Crippen LogP contribution in [0.15, 0.2) is 54.7 Å². The Morgan fingerprint density at radius 2 is 1.93 bits per heavy atom. The third-order valence-corrected chi connectivity index (χ3v) is 6.35. The number of oxazole rings is 1. The highest BCUT2D eigenvalue weighted by Crippen LogP contribution is 2.32. The summed E-state index contributed by atoms with van der Waals surface area (Å²) in [4.78, 5) is 4.34. The second-order valence-corrected chi connectivity index (χ2v) is 8.56. The van der Waals surface area contributed by atoms with E-state index in [1.54, 1.807) is 25.1 Å². The van der Waals surface area contributed by atoms with Crippen molar-refractivity contribution in [3.8, 4) is 11.5 Å². The monoisotopic (exact) mass is 465 g/mol. The molecule has 0 saturated heterocycles. The second kappa shape index (κ2) is 6.71. The molecule has 0 amide bonds. The van der Waals surface area contributed by atoms with E-state index < -0.39 is 15.8 Å². The zero-order valence-corrected chi connectivity index (χ0v) is 17.1. The third kappa shape index (κ3) is 3.29. The maximum Gasteiger partial charge on any atom is 0.267 e. The number of aryl methyl sites for hydroxylation is 2. The topological polar surface area (TPSA) is 98.2 Å². The van der Waals surface area contributed by atoms with Gasteiger partial charge in [0.2, 0.25) is 5.89 Å². The predicted molar refractivity (Wildman–Crippen MR) is 104 cm³/mol. The van der Waals surface area contributed by atoms with Crippen molar-refractivity contribution in [2.24, 2.45) is 0 Å². The second-order valence-electron chi connectivity index (χ2n) is 6.08. The van der Waals surface area contributed by atoms with Gasteiger partial charge in [-0.05, 0) is 66.2 Å². The van der Waals surface area contributed by atoms with E-state index in [1.807, 2.05) is 0 Å². The van der Waals surface area contributed by atoms with E-state index in [0.29, 0.717) is 26.8 Å². The molecule has 1 N–H and O–H groups in total. The van der Waals surface area contributed by atoms with Gasteiger partial charge in [-0.1, -0.05) is 5.16 Å². The van der Waals surface area contributed by atoms with Crippen LogP contribution in [-0.4, -0.2) is 18.6 Å². The van der Waals surface area contributed by atoms with Crippen LogP contribution in [0.25, 0.3) is 22.6 Å². The Hall–Kier alpha value is -2.72. The van der Waals surface area contributed by atoms with Crippen LogP contribution in [-0.2, 0) is 10.0 Å². The minimum Gasteiger partial charge on any atom is -0.436 e. The molecule has 0 radical (unpaired) electrons. The summed E-state index contributed by atoms with van der Waals surface area (Å²) in [5.41, 5.74) is 1.88. The van der Waals surface area contributed by atoms with Crippen molar-refractivity contribution >= 4 is 42.7 Å². The number of anilines is 1. The number of sulfonamides is 1. The minimum absolute atomic E-state index is 0.00266. The molecule has 0 bridgehead atoms. The number of aromatic nitrogens is 2. The normalized spacial score (nSPS) is 11.9. The van der Waals surface area contributed by atoms with Gasteiger partial charge in [0.1, 0.15) is 17.0 Å². The summed E-state index contributed by atoms with van der Waals surface area (Å²) >= 11 is 3.34. The molecule has 0 saturated carbocycles. The van der Waals surface area contributed by atoms with Crippen molar-refractivity contribution in [3.63, 3.8) is 0 Å². The first-order valence-electron chi connectivity index (χ1n) is 8.06. The van der Waals surface area contributed by atoms with Gasteiger partial charge in [0, 0.05) is 4.47 Å². The molecule has 0 unspecified atom stereocenters. The van der Waals surface area contributed by atoms with Gasteiger partial charge in [0.15, 0.2) is 16.2 Å². The lowest BCUT2D eigenvalue weighted by Crippen LogP contribution is -2.14. The number of benzene rings is 2. The van der Waals surface area contributed by atoms with Crippen molar-refractivity contribution in [1.82, 2.24) is 10.1 Å². The summed E-state index contributed by atoms with van der Waals surface area (Å²) in [6, 6.07) is 8.85. The van der Waals surface area contributed by atoms with Gasteiger partial charge in [-0.2, -0.15) is 0 Å². The van der Waals surface area contributed by atoms with E-state index in [0.717, 1.165) is 0 Å². The average molecular weight is 466 g/mol. The van der Waals surface area contributed by atoms with Gasteiger partial charge in [0.05, 0.1) is 11.3 Å². The van der Waals surface area contributed by atoms with Crippen molar-refractivity contribution in [2.75, 3.05) is 4.72 Å². The summed E-state index contributed by atoms with van der Waals surface area (Å²) in [6.45, 7) is 3.08. The molecular weight excluding hydrogens is 453 g/mol. The summed E-state index contributed by atoms with van der Waals surface area (Å²) in [6.07, 6.45) is 0. The predicted octanol–water partition coefficient (Wildman–Crippen LogP) is 4.80. The van der Waals surface area contributed by atoms with Gasteiger partial charge in [-0.15, -0.1) is 0 Å². The zero-order chi connectivity index (χ0) is 20.1. The fourth-order valence-corrected chi connectivity index (χ4v) is 4.63. The van der Waals surface area contributed by atoms with Crippen LogP contribution in [0, 0.1) is 19.7 Å². The maximum absolute atomic E-state index is 13.6. The largest absolute Gasteiger partial charge is 0.436 e. The lowest BCUT2D eigenvalue weighted by Gasteiger charge is -2.07. The first-order valence-corrected chi connectivity index (χ1v) is 10.3. The third-order valence-electron chi connectivity index (χ3n) is 4.04. The van der Waals surface area contributed by atoms with E-state index in [2.05, 4.69) is 30.8 Å². The lowest BCUT2D eigenvalue weighted by atomic mass is 10.2. The number of rotatable bonds is 4. The molecule has 0 aliphatic heterocycles. The van der Waals surface area contributed by atoms with Crippen molar-refractivity contribution in [2.45, 2.75) is 18.7 Å². The SMILES string of the molecule is Cc1noc(C)c1S(=O)(=O)Nc1ccc2oc(-c3cc(F)ccc3Br)nc2c1. The zero-order valence-electron chi connectivity index (χ0n) is 14.7. The van der Waals surface area contributed by atoms with E-state index in [4.69, 9.17) is 8.94 Å². The Balaban J connectivity index is 1.72. The van der Waals surface area contributed by atoms with Gasteiger partial charge in [0.25, 0.3) is 10.0 Å². The molecular formula is C18H13BrFN3O4S. The molecule has 2 aromatic carbocycles. The molecule has 2 aromatic heterocycles. The maximum atomic E-state index is 13.6. The average Bonchev–Trinajstić information content (AvgIpc) is 3.19. The molecule has 4 aromatic rings. The van der Waals surface area contributed by atoms with Crippen molar-refractivity contribution < 1.29 is 21.7 Å². The minimum atomic E-state index is -3.88. The molecule has 10 heteroatoms. The first-order chi connectivity index (χ1) is 13.2. The Kier molecular flexibility index (Phi) is 4.47. The highest BCUT2D eigenvalue weighted by atomic mass is 79.9. The molecule has 0 aliphatic carbocycles. The lowest BCUT2D eigenvalue weighted by molar-refractivity contribution is 0.390. The molecule has 2 heterocycles. The fraction of sp³-hybridized carbons (Fsp3) is 0.111. The number of hydrogen-bond donors (Lipinski definition) is 1. The van der Waals surface area contributed by atoms with Gasteiger partial charge in [-0.3, -0.25) is 4.72 Å². The molecule has 28 heavy (non-hydrogen) atoms. The van der Waals surface area contributed by atoms with Gasteiger partial charge < -0.3 is 8.94 Å². The Morgan fingerprint density at radius 3 is 2.64 bits per heavy atom. The highest BCUT2D eigenvalue weighted by molar-refractivity contribution is 9.10. The Bertz CT molecular complexity index is 1290. The molecule has 0 fully saturated rings. The van der Waals surface area contributed by atoms with Crippen LogP contribution in [0.2, 0.25) is 0 Å². The Morgan fingerprint density at radius 1 is 1.14 bits per heavy atom. The van der Waals surface area contributed by atoms with Crippen LogP contribution in [0.5, 0.6) is 0 Å². The summed E-state index contributed by atoms with van der Waals surface area (Å²) in [5, 5.41) is 3.67. The van der Waals surface area contributed by atoms with Crippen molar-refractivity contribution in [1.29, 1.82) is 0 Å². The van der Waals surface area contributed by atoms with Crippen LogP contribution in [0.1, 0.15) is 11.5 Å².